The maximum absolute atomic E-state index is 12.7. The number of nitrogens with zero attached hydrogens (tertiary/aromatic N) is 2. The number of amides is 2. The minimum absolute atomic E-state index is 0.172. The van der Waals surface area contributed by atoms with Gasteiger partial charge in [-0.25, -0.2) is 0 Å². The molecular weight excluding hydrogens is 366 g/mol. The van der Waals surface area contributed by atoms with Crippen LogP contribution in [0, 0.1) is 0 Å². The molecule has 0 bridgehead atoms. The van der Waals surface area contributed by atoms with Gasteiger partial charge in [0, 0.05) is 24.7 Å². The summed E-state index contributed by atoms with van der Waals surface area (Å²) in [6, 6.07) is 5.09. The topological polar surface area (TPSA) is 61.9 Å². The summed E-state index contributed by atoms with van der Waals surface area (Å²) in [7, 11) is 0. The summed E-state index contributed by atoms with van der Waals surface area (Å²) < 4.78 is 5.82. The zero-order valence-electron chi connectivity index (χ0n) is 15.7. The zero-order chi connectivity index (χ0) is 19.1. The van der Waals surface area contributed by atoms with Crippen LogP contribution in [0.1, 0.15) is 42.5 Å². The van der Waals surface area contributed by atoms with Crippen molar-refractivity contribution < 1.29 is 14.3 Å². The second-order valence-corrected chi connectivity index (χ2v) is 7.61. The van der Waals surface area contributed by atoms with Crippen molar-refractivity contribution in [3.8, 4) is 5.75 Å². The van der Waals surface area contributed by atoms with Gasteiger partial charge in [-0.15, -0.1) is 0 Å². The van der Waals surface area contributed by atoms with Crippen LogP contribution in [0.15, 0.2) is 18.2 Å². The summed E-state index contributed by atoms with van der Waals surface area (Å²) >= 11 is 6.03. The number of carbonyl (C=O) groups is 2. The van der Waals surface area contributed by atoms with Crippen LogP contribution >= 0.6 is 11.6 Å². The monoisotopic (exact) mass is 393 g/mol. The number of halogens is 1. The number of nitrogens with one attached hydrogen (secondary N) is 1. The Bertz CT molecular complexity index is 662. The van der Waals surface area contributed by atoms with Crippen LogP contribution in [0.4, 0.5) is 0 Å². The molecule has 1 N–H and O–H groups in total. The molecular formula is C20H28ClN3O3. The average Bonchev–Trinajstić information content (AvgIpc) is 3.16. The molecule has 148 valence electrons. The maximum Gasteiger partial charge on any atom is 0.255 e. The Morgan fingerprint density at radius 1 is 1.07 bits per heavy atom. The van der Waals surface area contributed by atoms with E-state index in [0.717, 1.165) is 38.9 Å². The Morgan fingerprint density at radius 2 is 1.81 bits per heavy atom. The molecule has 27 heavy (non-hydrogen) atoms. The van der Waals surface area contributed by atoms with Gasteiger partial charge < -0.3 is 15.0 Å². The van der Waals surface area contributed by atoms with Gasteiger partial charge in [-0.05, 0) is 63.4 Å². The summed E-state index contributed by atoms with van der Waals surface area (Å²) in [4.78, 5) is 29.3. The number of carbonyl (C=O) groups excluding carboxylic acids is 2. The van der Waals surface area contributed by atoms with Crippen molar-refractivity contribution in [2.45, 2.75) is 32.1 Å². The van der Waals surface area contributed by atoms with Crippen molar-refractivity contribution in [2.75, 3.05) is 45.9 Å². The summed E-state index contributed by atoms with van der Waals surface area (Å²) in [5.41, 5.74) is 0.462. The van der Waals surface area contributed by atoms with Crippen molar-refractivity contribution in [1.82, 2.24) is 15.1 Å². The Morgan fingerprint density at radius 3 is 2.63 bits per heavy atom. The van der Waals surface area contributed by atoms with Gasteiger partial charge in [0.15, 0.2) is 0 Å². The SMILES string of the molecule is O=C1NCCCCN(C(=O)CN2CCCC2)CCCOc2ccc(Cl)cc21. The third-order valence-electron chi connectivity index (χ3n) is 5.07. The molecule has 7 heteroatoms. The lowest BCUT2D eigenvalue weighted by Gasteiger charge is -2.25. The third-order valence-corrected chi connectivity index (χ3v) is 5.30. The van der Waals surface area contributed by atoms with E-state index in [-0.39, 0.29) is 11.8 Å². The minimum atomic E-state index is -0.172. The van der Waals surface area contributed by atoms with E-state index in [1.54, 1.807) is 18.2 Å². The molecule has 2 aliphatic rings. The van der Waals surface area contributed by atoms with E-state index in [1.165, 1.54) is 12.8 Å². The average molecular weight is 394 g/mol. The molecule has 0 saturated carbocycles. The first-order valence-electron chi connectivity index (χ1n) is 9.84. The summed E-state index contributed by atoms with van der Waals surface area (Å²) in [5.74, 6) is 0.558. The number of rotatable bonds is 2. The van der Waals surface area contributed by atoms with Crippen LogP contribution in [-0.2, 0) is 4.79 Å². The molecule has 2 amide bonds. The van der Waals surface area contributed by atoms with E-state index in [4.69, 9.17) is 16.3 Å². The van der Waals surface area contributed by atoms with E-state index in [2.05, 4.69) is 10.2 Å². The molecule has 0 spiro atoms. The third kappa shape index (κ3) is 5.84. The van der Waals surface area contributed by atoms with Gasteiger partial charge in [0.25, 0.3) is 5.91 Å². The molecule has 2 aliphatic heterocycles. The normalized spacial score (nSPS) is 19.9. The first-order valence-corrected chi connectivity index (χ1v) is 10.2. The molecule has 6 nitrogen and oxygen atoms in total. The van der Waals surface area contributed by atoms with Gasteiger partial charge in [-0.1, -0.05) is 11.6 Å². The molecule has 1 fully saturated rings. The number of ether oxygens (including phenoxy) is 1. The van der Waals surface area contributed by atoms with Crippen molar-refractivity contribution in [2.24, 2.45) is 0 Å². The summed E-state index contributed by atoms with van der Waals surface area (Å²) in [6.07, 6.45) is 4.80. The van der Waals surface area contributed by atoms with Crippen LogP contribution in [0.25, 0.3) is 0 Å². The second kappa shape index (κ2) is 9.95. The first kappa shape index (κ1) is 20.0. The predicted molar refractivity (Wildman–Crippen MR) is 105 cm³/mol. The fourth-order valence-corrected chi connectivity index (χ4v) is 3.73. The van der Waals surface area contributed by atoms with E-state index >= 15 is 0 Å². The van der Waals surface area contributed by atoms with Crippen molar-refractivity contribution >= 4 is 23.4 Å². The highest BCUT2D eigenvalue weighted by Crippen LogP contribution is 2.23. The first-order chi connectivity index (χ1) is 13.1. The molecule has 1 aromatic carbocycles. The number of hydrogen-bond donors (Lipinski definition) is 1. The molecule has 3 rings (SSSR count). The standard InChI is InChI=1S/C20H28ClN3O3/c21-16-6-7-18-17(14-16)20(26)22-8-1-2-11-24(12-5-13-27-18)19(25)15-23-9-3-4-10-23/h6-7,14H,1-5,8-13,15H2,(H,22,26). The fourth-order valence-electron chi connectivity index (χ4n) is 3.56. The van der Waals surface area contributed by atoms with Gasteiger partial charge in [-0.3, -0.25) is 14.5 Å². The molecule has 1 aromatic rings. The molecule has 0 aromatic heterocycles. The summed E-state index contributed by atoms with van der Waals surface area (Å²) in [5, 5.41) is 3.43. The fraction of sp³-hybridized carbons (Fsp3) is 0.600. The number of fused-ring (bicyclic) bond motifs is 1. The Labute approximate surface area is 165 Å². The lowest BCUT2D eigenvalue weighted by molar-refractivity contribution is -0.132. The van der Waals surface area contributed by atoms with E-state index in [9.17, 15) is 9.59 Å². The predicted octanol–water partition coefficient (Wildman–Crippen LogP) is 2.56. The highest BCUT2D eigenvalue weighted by atomic mass is 35.5. The van der Waals surface area contributed by atoms with Crippen LogP contribution in [-0.4, -0.2) is 67.5 Å². The Hall–Kier alpha value is -1.79. The van der Waals surface area contributed by atoms with E-state index in [1.807, 2.05) is 4.90 Å². The van der Waals surface area contributed by atoms with Gasteiger partial charge in [0.1, 0.15) is 5.75 Å². The van der Waals surface area contributed by atoms with Crippen molar-refractivity contribution in [1.29, 1.82) is 0 Å². The highest BCUT2D eigenvalue weighted by molar-refractivity contribution is 6.31. The lowest BCUT2D eigenvalue weighted by atomic mass is 10.2. The lowest BCUT2D eigenvalue weighted by Crippen LogP contribution is -2.41. The molecule has 0 atom stereocenters. The maximum atomic E-state index is 12.7. The van der Waals surface area contributed by atoms with Gasteiger partial charge in [0.05, 0.1) is 18.7 Å². The number of likely N-dealkylation sites (tertiary alicyclic amines) is 1. The van der Waals surface area contributed by atoms with Crippen LogP contribution < -0.4 is 10.1 Å². The molecule has 2 heterocycles. The Balaban J connectivity index is 1.62. The zero-order valence-corrected chi connectivity index (χ0v) is 16.5. The Kier molecular flexibility index (Phi) is 7.35. The number of hydrogen-bond acceptors (Lipinski definition) is 4. The molecule has 0 radical (unpaired) electrons. The largest absolute Gasteiger partial charge is 0.493 e. The molecule has 1 saturated heterocycles. The molecule has 0 aliphatic carbocycles. The highest BCUT2D eigenvalue weighted by Gasteiger charge is 2.20. The second-order valence-electron chi connectivity index (χ2n) is 7.17. The van der Waals surface area contributed by atoms with Gasteiger partial charge >= 0.3 is 0 Å². The van der Waals surface area contributed by atoms with Crippen molar-refractivity contribution in [3.05, 3.63) is 28.8 Å². The van der Waals surface area contributed by atoms with Crippen LogP contribution in [0.5, 0.6) is 5.75 Å². The van der Waals surface area contributed by atoms with Crippen LogP contribution in [0.2, 0.25) is 5.02 Å². The van der Waals surface area contributed by atoms with Crippen molar-refractivity contribution in [3.63, 3.8) is 0 Å². The minimum Gasteiger partial charge on any atom is -0.493 e. The quantitative estimate of drug-likeness (QED) is 0.838. The number of benzene rings is 1. The summed E-state index contributed by atoms with van der Waals surface area (Å²) in [6.45, 7) is 4.98. The van der Waals surface area contributed by atoms with Crippen LogP contribution in [0.3, 0.4) is 0 Å². The smallest absolute Gasteiger partial charge is 0.255 e. The van der Waals surface area contributed by atoms with Gasteiger partial charge in [0.2, 0.25) is 5.91 Å². The molecule has 0 unspecified atom stereocenters. The van der Waals surface area contributed by atoms with E-state index < -0.39 is 0 Å². The van der Waals surface area contributed by atoms with E-state index in [0.29, 0.717) is 42.6 Å². The van der Waals surface area contributed by atoms with Gasteiger partial charge in [-0.2, -0.15) is 0 Å².